The number of nitrogen functional groups attached to an aromatic ring is 1. The van der Waals surface area contributed by atoms with Gasteiger partial charge in [0.15, 0.2) is 5.54 Å². The molecule has 1 saturated heterocycles. The molecule has 3 rings (SSSR count). The van der Waals surface area contributed by atoms with E-state index >= 15 is 0 Å². The van der Waals surface area contributed by atoms with E-state index in [1.165, 1.54) is 0 Å². The van der Waals surface area contributed by atoms with Crippen LogP contribution in [0.25, 0.3) is 0 Å². The Kier molecular flexibility index (Phi) is 6.62. The van der Waals surface area contributed by atoms with Gasteiger partial charge in [0.05, 0.1) is 0 Å². The molecule has 1 atom stereocenters. The Bertz CT molecular complexity index is 906. The number of piperazine rings is 1. The number of aliphatic carboxylic acids is 1. The first-order chi connectivity index (χ1) is 14.4. The summed E-state index contributed by atoms with van der Waals surface area (Å²) in [5, 5.41) is 24.5. The average Bonchev–Trinajstić information content (AvgIpc) is 2.77. The lowest BCUT2D eigenvalue weighted by atomic mass is 9.85. The van der Waals surface area contributed by atoms with Gasteiger partial charge in [0.25, 0.3) is 0 Å². The number of nitrogens with one attached hydrogen (secondary N) is 3. The van der Waals surface area contributed by atoms with Crippen molar-refractivity contribution >= 4 is 23.2 Å². The third kappa shape index (κ3) is 4.41. The fourth-order valence-corrected chi connectivity index (χ4v) is 3.90. The van der Waals surface area contributed by atoms with Crippen LogP contribution in [0.2, 0.25) is 0 Å². The van der Waals surface area contributed by atoms with Crippen molar-refractivity contribution in [1.29, 1.82) is 5.41 Å². The zero-order chi connectivity index (χ0) is 21.7. The molecular weight excluding hydrogens is 378 g/mol. The number of rotatable bonds is 8. The molecule has 1 aliphatic heterocycles. The van der Waals surface area contributed by atoms with Gasteiger partial charge < -0.3 is 26.4 Å². The standard InChI is InChI=1S/C23H31N5O2/c1-3-16-13-18(15-20(14-16)28-11-9-26-10-12-28)23(4-2,22(29)30)27-19-7-5-17(6-8-19)21(24)25/h5-8,13-15,26-27H,3-4,9-12H2,1-2H3,(H3,24,25)(H,29,30). The van der Waals surface area contributed by atoms with Crippen molar-refractivity contribution in [3.63, 3.8) is 0 Å². The van der Waals surface area contributed by atoms with Gasteiger partial charge in [-0.15, -0.1) is 0 Å². The van der Waals surface area contributed by atoms with E-state index in [9.17, 15) is 9.90 Å². The van der Waals surface area contributed by atoms with Gasteiger partial charge in [-0.25, -0.2) is 4.79 Å². The van der Waals surface area contributed by atoms with Gasteiger partial charge in [-0.3, -0.25) is 5.41 Å². The molecule has 0 spiro atoms. The molecule has 0 radical (unpaired) electrons. The number of nitrogens with two attached hydrogens (primary N) is 1. The minimum atomic E-state index is -1.26. The fourth-order valence-electron chi connectivity index (χ4n) is 3.90. The lowest BCUT2D eigenvalue weighted by Crippen LogP contribution is -2.45. The molecule has 0 saturated carbocycles. The number of hydrogen-bond donors (Lipinski definition) is 5. The summed E-state index contributed by atoms with van der Waals surface area (Å²) in [6.45, 7) is 7.61. The van der Waals surface area contributed by atoms with Crippen LogP contribution in [-0.4, -0.2) is 43.1 Å². The number of amidine groups is 1. The zero-order valence-electron chi connectivity index (χ0n) is 17.7. The first-order valence-corrected chi connectivity index (χ1v) is 10.5. The van der Waals surface area contributed by atoms with Gasteiger partial charge in [0.2, 0.25) is 0 Å². The molecule has 1 fully saturated rings. The quantitative estimate of drug-likeness (QED) is 0.338. The van der Waals surface area contributed by atoms with Crippen LogP contribution < -0.4 is 21.3 Å². The van der Waals surface area contributed by atoms with Crippen LogP contribution in [0.3, 0.4) is 0 Å². The van der Waals surface area contributed by atoms with E-state index in [2.05, 4.69) is 28.5 Å². The van der Waals surface area contributed by atoms with E-state index in [0.29, 0.717) is 17.7 Å². The van der Waals surface area contributed by atoms with Gasteiger partial charge in [0, 0.05) is 43.1 Å². The SMILES string of the molecule is CCc1cc(N2CCNCC2)cc(C(CC)(Nc2ccc(C(=N)N)cc2)C(=O)O)c1. The molecule has 160 valence electrons. The monoisotopic (exact) mass is 409 g/mol. The molecular formula is C23H31N5O2. The number of carbonyl (C=O) groups is 1. The summed E-state index contributed by atoms with van der Waals surface area (Å²) in [5.74, 6) is -0.932. The van der Waals surface area contributed by atoms with E-state index in [1.807, 2.05) is 19.1 Å². The lowest BCUT2D eigenvalue weighted by molar-refractivity contribution is -0.142. The zero-order valence-corrected chi connectivity index (χ0v) is 17.7. The second kappa shape index (κ2) is 9.17. The highest BCUT2D eigenvalue weighted by molar-refractivity contribution is 5.95. The Morgan fingerprint density at radius 1 is 1.20 bits per heavy atom. The third-order valence-electron chi connectivity index (χ3n) is 5.81. The maximum atomic E-state index is 12.6. The third-order valence-corrected chi connectivity index (χ3v) is 5.81. The Morgan fingerprint density at radius 2 is 1.87 bits per heavy atom. The maximum Gasteiger partial charge on any atom is 0.334 e. The van der Waals surface area contributed by atoms with Crippen molar-refractivity contribution in [2.45, 2.75) is 32.2 Å². The van der Waals surface area contributed by atoms with Crippen molar-refractivity contribution in [2.75, 3.05) is 36.4 Å². The highest BCUT2D eigenvalue weighted by Gasteiger charge is 2.39. The van der Waals surface area contributed by atoms with E-state index in [4.69, 9.17) is 11.1 Å². The van der Waals surface area contributed by atoms with Crippen LogP contribution in [0.4, 0.5) is 11.4 Å². The number of hydrogen-bond acceptors (Lipinski definition) is 5. The molecule has 2 aromatic rings. The van der Waals surface area contributed by atoms with E-state index in [0.717, 1.165) is 49.4 Å². The van der Waals surface area contributed by atoms with Crippen molar-refractivity contribution in [3.05, 3.63) is 59.2 Å². The number of carboxylic acids is 1. The van der Waals surface area contributed by atoms with Crippen LogP contribution >= 0.6 is 0 Å². The van der Waals surface area contributed by atoms with Gasteiger partial charge in [-0.2, -0.15) is 0 Å². The summed E-state index contributed by atoms with van der Waals surface area (Å²) in [4.78, 5) is 14.9. The van der Waals surface area contributed by atoms with E-state index < -0.39 is 11.5 Å². The Balaban J connectivity index is 2.03. The molecule has 0 bridgehead atoms. The number of aryl methyl sites for hydroxylation is 1. The summed E-state index contributed by atoms with van der Waals surface area (Å²) in [7, 11) is 0. The number of anilines is 2. The van der Waals surface area contributed by atoms with Crippen molar-refractivity contribution in [1.82, 2.24) is 5.32 Å². The summed E-state index contributed by atoms with van der Waals surface area (Å²) < 4.78 is 0. The topological polar surface area (TPSA) is 114 Å². The fraction of sp³-hybridized carbons (Fsp3) is 0.391. The number of nitrogens with zero attached hydrogens (tertiary/aromatic N) is 1. The molecule has 6 N–H and O–H groups in total. The van der Waals surface area contributed by atoms with Crippen LogP contribution in [0.5, 0.6) is 0 Å². The molecule has 0 aliphatic carbocycles. The Labute approximate surface area is 177 Å². The number of carboxylic acid groups (broad SMARTS) is 1. The molecule has 1 heterocycles. The Morgan fingerprint density at radius 3 is 2.40 bits per heavy atom. The van der Waals surface area contributed by atoms with Gasteiger partial charge in [0.1, 0.15) is 5.84 Å². The summed E-state index contributed by atoms with van der Waals surface area (Å²) in [6, 6.07) is 13.2. The molecule has 1 aliphatic rings. The summed E-state index contributed by atoms with van der Waals surface area (Å²) in [6.07, 6.45) is 1.21. The second-order valence-corrected chi connectivity index (χ2v) is 7.66. The molecule has 0 amide bonds. The van der Waals surface area contributed by atoms with Crippen LogP contribution in [0.15, 0.2) is 42.5 Å². The van der Waals surface area contributed by atoms with Crippen LogP contribution in [0.1, 0.15) is 37.0 Å². The molecule has 0 aromatic heterocycles. The molecule has 7 heteroatoms. The van der Waals surface area contributed by atoms with Gasteiger partial charge in [-0.05, 0) is 60.4 Å². The predicted molar refractivity (Wildman–Crippen MR) is 122 cm³/mol. The smallest absolute Gasteiger partial charge is 0.334 e. The average molecular weight is 410 g/mol. The first kappa shape index (κ1) is 21.6. The van der Waals surface area contributed by atoms with E-state index in [1.54, 1.807) is 24.3 Å². The van der Waals surface area contributed by atoms with Crippen molar-refractivity contribution < 1.29 is 9.90 Å². The molecule has 7 nitrogen and oxygen atoms in total. The largest absolute Gasteiger partial charge is 0.479 e. The van der Waals surface area contributed by atoms with Gasteiger partial charge >= 0.3 is 5.97 Å². The van der Waals surface area contributed by atoms with Gasteiger partial charge in [-0.1, -0.05) is 19.9 Å². The van der Waals surface area contributed by atoms with Crippen molar-refractivity contribution in [3.8, 4) is 0 Å². The maximum absolute atomic E-state index is 12.6. The number of benzene rings is 2. The minimum Gasteiger partial charge on any atom is -0.479 e. The van der Waals surface area contributed by atoms with E-state index in [-0.39, 0.29) is 5.84 Å². The van der Waals surface area contributed by atoms with Crippen LogP contribution in [-0.2, 0) is 16.8 Å². The minimum absolute atomic E-state index is 0.0159. The molecule has 1 unspecified atom stereocenters. The highest BCUT2D eigenvalue weighted by Crippen LogP contribution is 2.34. The van der Waals surface area contributed by atoms with Crippen molar-refractivity contribution in [2.24, 2.45) is 5.73 Å². The molecule has 2 aromatic carbocycles. The lowest BCUT2D eigenvalue weighted by Gasteiger charge is -2.34. The summed E-state index contributed by atoms with van der Waals surface area (Å²) >= 11 is 0. The normalized spacial score (nSPS) is 16.0. The second-order valence-electron chi connectivity index (χ2n) is 7.66. The summed E-state index contributed by atoms with van der Waals surface area (Å²) in [5.41, 5.74) is 8.50. The first-order valence-electron chi connectivity index (χ1n) is 10.5. The predicted octanol–water partition coefficient (Wildman–Crippen LogP) is 2.74. The highest BCUT2D eigenvalue weighted by atomic mass is 16.4. The van der Waals surface area contributed by atoms with Crippen LogP contribution in [0, 0.1) is 5.41 Å². The Hall–Kier alpha value is -3.06. The molecule has 30 heavy (non-hydrogen) atoms.